The van der Waals surface area contributed by atoms with Crippen molar-refractivity contribution in [1.29, 1.82) is 0 Å². The molecule has 1 atom stereocenters. The molecule has 4 N–H and O–H groups in total. The van der Waals surface area contributed by atoms with Gasteiger partial charge < -0.3 is 15.7 Å². The molecule has 112 valence electrons. The minimum Gasteiger partial charge on any atom is -0.391 e. The highest BCUT2D eigenvalue weighted by molar-refractivity contribution is 5.95. The van der Waals surface area contributed by atoms with Crippen molar-refractivity contribution in [3.05, 3.63) is 36.5 Å². The van der Waals surface area contributed by atoms with Gasteiger partial charge in [-0.25, -0.2) is 4.98 Å². The van der Waals surface area contributed by atoms with Gasteiger partial charge in [0.1, 0.15) is 5.82 Å². The molecule has 0 amide bonds. The fraction of sp³-hybridized carbons (Fsp3) is 0.250. The highest BCUT2D eigenvalue weighted by Crippen LogP contribution is 2.32. The third kappa shape index (κ3) is 2.17. The zero-order valence-electron chi connectivity index (χ0n) is 12.0. The third-order valence-electron chi connectivity index (χ3n) is 4.12. The molecule has 0 aliphatic carbocycles. The van der Waals surface area contributed by atoms with Gasteiger partial charge in [-0.05, 0) is 18.6 Å². The number of nitrogens with zero attached hydrogens (tertiary/aromatic N) is 3. The third-order valence-corrected chi connectivity index (χ3v) is 4.12. The number of nitrogens with one attached hydrogen (secondary N) is 1. The van der Waals surface area contributed by atoms with Crippen LogP contribution in [0.15, 0.2) is 36.5 Å². The van der Waals surface area contributed by atoms with Gasteiger partial charge in [0.2, 0.25) is 0 Å². The summed E-state index contributed by atoms with van der Waals surface area (Å²) in [5.41, 5.74) is 9.83. The molecular weight excluding hydrogens is 278 g/mol. The number of aromatic amines is 1. The van der Waals surface area contributed by atoms with E-state index in [1.54, 1.807) is 6.20 Å². The second-order valence-corrected chi connectivity index (χ2v) is 5.66. The van der Waals surface area contributed by atoms with Gasteiger partial charge in [-0.1, -0.05) is 12.1 Å². The summed E-state index contributed by atoms with van der Waals surface area (Å²) in [6.45, 7) is 1.48. The Morgan fingerprint density at radius 2 is 2.18 bits per heavy atom. The van der Waals surface area contributed by atoms with Crippen molar-refractivity contribution in [3.8, 4) is 11.3 Å². The highest BCUT2D eigenvalue weighted by atomic mass is 16.3. The lowest BCUT2D eigenvalue weighted by Crippen LogP contribution is -2.21. The summed E-state index contributed by atoms with van der Waals surface area (Å²) < 4.78 is 0. The van der Waals surface area contributed by atoms with Crippen LogP contribution in [0.5, 0.6) is 0 Å². The van der Waals surface area contributed by atoms with Crippen molar-refractivity contribution < 1.29 is 5.11 Å². The standard InChI is InChI=1S/C16H17N5O/c17-16-8-15(21-6-4-11(22)9-21)12-2-1-10(7-14(12)19-16)13-3-5-18-20-13/h1-3,5,7-8,11,22H,4,6,9H2,(H2,17,19)(H,18,20)/t11-/m0/s1. The molecule has 0 radical (unpaired) electrons. The van der Waals surface area contributed by atoms with Crippen LogP contribution in [0.25, 0.3) is 22.2 Å². The maximum Gasteiger partial charge on any atom is 0.126 e. The zero-order chi connectivity index (χ0) is 15.1. The van der Waals surface area contributed by atoms with E-state index in [1.165, 1.54) is 0 Å². The summed E-state index contributed by atoms with van der Waals surface area (Å²) in [6.07, 6.45) is 2.24. The van der Waals surface area contributed by atoms with E-state index >= 15 is 0 Å². The molecular formula is C16H17N5O. The lowest BCUT2D eigenvalue weighted by Gasteiger charge is -2.20. The molecule has 3 aromatic rings. The quantitative estimate of drug-likeness (QED) is 0.670. The number of aromatic nitrogens is 3. The van der Waals surface area contributed by atoms with Gasteiger partial charge in [0, 0.05) is 42.0 Å². The molecule has 0 bridgehead atoms. The number of β-amino-alcohol motifs (C(OH)–C–C–N with tert-alkyl or cyclic N) is 1. The van der Waals surface area contributed by atoms with Crippen molar-refractivity contribution in [2.45, 2.75) is 12.5 Å². The van der Waals surface area contributed by atoms with Gasteiger partial charge in [-0.15, -0.1) is 0 Å². The van der Waals surface area contributed by atoms with Gasteiger partial charge in [0.25, 0.3) is 0 Å². The monoisotopic (exact) mass is 295 g/mol. The van der Waals surface area contributed by atoms with Gasteiger partial charge in [0.15, 0.2) is 0 Å². The van der Waals surface area contributed by atoms with Crippen molar-refractivity contribution in [1.82, 2.24) is 15.2 Å². The van der Waals surface area contributed by atoms with E-state index in [2.05, 4.69) is 26.1 Å². The van der Waals surface area contributed by atoms with E-state index in [0.717, 1.165) is 40.8 Å². The van der Waals surface area contributed by atoms with E-state index in [1.807, 2.05) is 24.3 Å². The van der Waals surface area contributed by atoms with Crippen LogP contribution in [0.2, 0.25) is 0 Å². The molecule has 1 fully saturated rings. The van der Waals surface area contributed by atoms with E-state index in [4.69, 9.17) is 5.73 Å². The van der Waals surface area contributed by atoms with Crippen molar-refractivity contribution in [3.63, 3.8) is 0 Å². The van der Waals surface area contributed by atoms with Crippen molar-refractivity contribution in [2.75, 3.05) is 23.7 Å². The summed E-state index contributed by atoms with van der Waals surface area (Å²) in [5, 5.41) is 17.8. The number of hydrogen-bond donors (Lipinski definition) is 3. The first-order chi connectivity index (χ1) is 10.7. The summed E-state index contributed by atoms with van der Waals surface area (Å²) in [7, 11) is 0. The first kappa shape index (κ1) is 13.1. The Labute approximate surface area is 127 Å². The number of H-pyrrole nitrogens is 1. The van der Waals surface area contributed by atoms with Crippen molar-refractivity contribution >= 4 is 22.4 Å². The molecule has 4 rings (SSSR count). The Balaban J connectivity index is 1.84. The number of aliphatic hydroxyl groups is 1. The molecule has 2 aromatic heterocycles. The number of rotatable bonds is 2. The summed E-state index contributed by atoms with van der Waals surface area (Å²) >= 11 is 0. The summed E-state index contributed by atoms with van der Waals surface area (Å²) in [4.78, 5) is 6.62. The SMILES string of the molecule is Nc1cc(N2CC[C@H](O)C2)c2ccc(-c3ccn[nH]3)cc2n1. The predicted molar refractivity (Wildman–Crippen MR) is 86.6 cm³/mol. The van der Waals surface area contributed by atoms with Gasteiger partial charge in [-0.3, -0.25) is 5.10 Å². The van der Waals surface area contributed by atoms with E-state index < -0.39 is 0 Å². The normalized spacial score (nSPS) is 18.2. The first-order valence-electron chi connectivity index (χ1n) is 7.34. The fourth-order valence-corrected chi connectivity index (χ4v) is 3.04. The number of fused-ring (bicyclic) bond motifs is 1. The fourth-order valence-electron chi connectivity index (χ4n) is 3.04. The Hall–Kier alpha value is -2.60. The number of nitrogen functional groups attached to an aromatic ring is 1. The number of benzene rings is 1. The molecule has 1 aliphatic heterocycles. The van der Waals surface area contributed by atoms with Crippen molar-refractivity contribution in [2.24, 2.45) is 0 Å². The van der Waals surface area contributed by atoms with Crippen LogP contribution >= 0.6 is 0 Å². The van der Waals surface area contributed by atoms with Gasteiger partial charge in [0.05, 0.1) is 17.3 Å². The van der Waals surface area contributed by atoms with Crippen LogP contribution in [0, 0.1) is 0 Å². The molecule has 6 nitrogen and oxygen atoms in total. The largest absolute Gasteiger partial charge is 0.391 e. The van der Waals surface area contributed by atoms with Crippen LogP contribution in [0.3, 0.4) is 0 Å². The molecule has 1 saturated heterocycles. The van der Waals surface area contributed by atoms with Crippen LogP contribution in [-0.4, -0.2) is 39.5 Å². The Morgan fingerprint density at radius 3 is 2.91 bits per heavy atom. The number of hydrogen-bond acceptors (Lipinski definition) is 5. The molecule has 3 heterocycles. The van der Waals surface area contributed by atoms with E-state index in [-0.39, 0.29) is 6.10 Å². The number of pyridine rings is 1. The maximum atomic E-state index is 9.77. The van der Waals surface area contributed by atoms with Crippen LogP contribution in [-0.2, 0) is 0 Å². The van der Waals surface area contributed by atoms with Gasteiger partial charge >= 0.3 is 0 Å². The molecule has 0 unspecified atom stereocenters. The van der Waals surface area contributed by atoms with Crippen LogP contribution in [0.1, 0.15) is 6.42 Å². The van der Waals surface area contributed by atoms with Crippen LogP contribution < -0.4 is 10.6 Å². The summed E-state index contributed by atoms with van der Waals surface area (Å²) in [5.74, 6) is 0.491. The molecule has 0 spiro atoms. The minimum atomic E-state index is -0.270. The predicted octanol–water partition coefficient (Wildman–Crippen LogP) is 1.78. The van der Waals surface area contributed by atoms with Crippen LogP contribution in [0.4, 0.5) is 11.5 Å². The second kappa shape index (κ2) is 4.99. The highest BCUT2D eigenvalue weighted by Gasteiger charge is 2.22. The molecule has 6 heteroatoms. The molecule has 22 heavy (non-hydrogen) atoms. The summed E-state index contributed by atoms with van der Waals surface area (Å²) in [6, 6.07) is 9.92. The molecule has 1 aromatic carbocycles. The van der Waals surface area contributed by atoms with E-state index in [0.29, 0.717) is 12.4 Å². The number of anilines is 2. The average molecular weight is 295 g/mol. The zero-order valence-corrected chi connectivity index (χ0v) is 12.0. The lowest BCUT2D eigenvalue weighted by atomic mass is 10.1. The van der Waals surface area contributed by atoms with Gasteiger partial charge in [-0.2, -0.15) is 5.10 Å². The Morgan fingerprint density at radius 1 is 1.27 bits per heavy atom. The lowest BCUT2D eigenvalue weighted by molar-refractivity contribution is 0.198. The Kier molecular flexibility index (Phi) is 2.97. The average Bonchev–Trinajstić information content (AvgIpc) is 3.17. The number of aliphatic hydroxyl groups excluding tert-OH is 1. The topological polar surface area (TPSA) is 91.1 Å². The smallest absolute Gasteiger partial charge is 0.126 e. The first-order valence-corrected chi connectivity index (χ1v) is 7.34. The molecule has 0 saturated carbocycles. The maximum absolute atomic E-state index is 9.77. The second-order valence-electron chi connectivity index (χ2n) is 5.66. The molecule has 1 aliphatic rings. The Bertz CT molecular complexity index is 815. The minimum absolute atomic E-state index is 0.270. The number of nitrogens with two attached hydrogens (primary N) is 1. The van der Waals surface area contributed by atoms with E-state index in [9.17, 15) is 5.11 Å².